The van der Waals surface area contributed by atoms with E-state index in [1.807, 2.05) is 0 Å². The Balaban J connectivity index is 2.13. The molecule has 1 radical (unpaired) electrons. The van der Waals surface area contributed by atoms with E-state index in [-0.39, 0.29) is 0 Å². The van der Waals surface area contributed by atoms with E-state index >= 15 is 0 Å². The van der Waals surface area contributed by atoms with Crippen LogP contribution in [-0.4, -0.2) is 42.5 Å². The monoisotopic (exact) mass is 141 g/mol. The molecular formula is C8H17N2. The molecule has 0 spiro atoms. The molecule has 0 atom stereocenters. The average molecular weight is 141 g/mol. The molecule has 0 unspecified atom stereocenters. The van der Waals surface area contributed by atoms with E-state index in [2.05, 4.69) is 23.8 Å². The molecule has 0 amide bonds. The van der Waals surface area contributed by atoms with Crippen molar-refractivity contribution >= 4 is 0 Å². The van der Waals surface area contributed by atoms with E-state index in [4.69, 9.17) is 0 Å². The van der Waals surface area contributed by atoms with Crippen molar-refractivity contribution in [1.82, 2.24) is 9.80 Å². The summed E-state index contributed by atoms with van der Waals surface area (Å²) >= 11 is 0. The fourth-order valence-electron chi connectivity index (χ4n) is 1.33. The number of nitrogens with zero attached hydrogens (tertiary/aromatic N) is 2. The van der Waals surface area contributed by atoms with Gasteiger partial charge in [0.25, 0.3) is 0 Å². The highest BCUT2D eigenvalue weighted by Crippen LogP contribution is 1.99. The minimum Gasteiger partial charge on any atom is -0.301 e. The molecule has 0 aliphatic carbocycles. The van der Waals surface area contributed by atoms with Crippen LogP contribution in [0.4, 0.5) is 0 Å². The van der Waals surface area contributed by atoms with Gasteiger partial charge in [-0.05, 0) is 13.0 Å². The molecule has 1 aliphatic rings. The molecule has 1 saturated heterocycles. The maximum Gasteiger partial charge on any atom is 0.0110 e. The Labute approximate surface area is 63.8 Å². The molecule has 0 aromatic heterocycles. The third-order valence-electron chi connectivity index (χ3n) is 2.00. The first-order valence-electron chi connectivity index (χ1n) is 4.10. The molecule has 0 saturated carbocycles. The van der Waals surface area contributed by atoms with Gasteiger partial charge in [0, 0.05) is 33.2 Å². The molecule has 0 N–H and O–H groups in total. The van der Waals surface area contributed by atoms with E-state index in [1.165, 1.54) is 26.1 Å². The quantitative estimate of drug-likeness (QED) is 0.561. The van der Waals surface area contributed by atoms with Crippen molar-refractivity contribution < 1.29 is 0 Å². The van der Waals surface area contributed by atoms with Crippen LogP contribution in [0.5, 0.6) is 0 Å². The second-order valence-corrected chi connectivity index (χ2v) is 2.96. The lowest BCUT2D eigenvalue weighted by molar-refractivity contribution is 0.167. The molecule has 1 rings (SSSR count). The Morgan fingerprint density at radius 2 is 1.80 bits per heavy atom. The second kappa shape index (κ2) is 3.94. The molecule has 2 nitrogen and oxygen atoms in total. The zero-order valence-electron chi connectivity index (χ0n) is 6.84. The third-order valence-corrected chi connectivity index (χ3v) is 2.00. The summed E-state index contributed by atoms with van der Waals surface area (Å²) in [5.74, 6) is 0. The number of hydrogen-bond donors (Lipinski definition) is 0. The van der Waals surface area contributed by atoms with Crippen LogP contribution in [0.3, 0.4) is 0 Å². The predicted octanol–water partition coefficient (Wildman–Crippen LogP) is 0.806. The van der Waals surface area contributed by atoms with Crippen LogP contribution in [-0.2, 0) is 0 Å². The fourth-order valence-corrected chi connectivity index (χ4v) is 1.33. The first-order chi connectivity index (χ1) is 4.83. The van der Waals surface area contributed by atoms with Gasteiger partial charge in [0.1, 0.15) is 0 Å². The summed E-state index contributed by atoms with van der Waals surface area (Å²) < 4.78 is 0. The first-order valence-corrected chi connectivity index (χ1v) is 4.10. The highest BCUT2D eigenvalue weighted by molar-refractivity contribution is 4.70. The molecular weight excluding hydrogens is 124 g/mol. The van der Waals surface area contributed by atoms with Gasteiger partial charge in [0.15, 0.2) is 0 Å². The molecule has 0 aromatic rings. The zero-order valence-corrected chi connectivity index (χ0v) is 6.84. The largest absolute Gasteiger partial charge is 0.301 e. The van der Waals surface area contributed by atoms with Crippen molar-refractivity contribution in [2.45, 2.75) is 13.3 Å². The summed E-state index contributed by atoms with van der Waals surface area (Å²) in [6.07, 6.45) is 1.27. The fraction of sp³-hybridized carbons (Fsp3) is 0.875. The van der Waals surface area contributed by atoms with Crippen molar-refractivity contribution in [3.8, 4) is 0 Å². The van der Waals surface area contributed by atoms with Crippen LogP contribution in [0.2, 0.25) is 0 Å². The van der Waals surface area contributed by atoms with Crippen LogP contribution in [0.25, 0.3) is 0 Å². The topological polar surface area (TPSA) is 6.48 Å². The van der Waals surface area contributed by atoms with Crippen molar-refractivity contribution in [2.24, 2.45) is 0 Å². The third kappa shape index (κ3) is 2.27. The summed E-state index contributed by atoms with van der Waals surface area (Å²) in [5, 5.41) is 0. The van der Waals surface area contributed by atoms with Crippen molar-refractivity contribution in [3.05, 3.63) is 7.05 Å². The van der Waals surface area contributed by atoms with Crippen LogP contribution in [0, 0.1) is 7.05 Å². The van der Waals surface area contributed by atoms with Gasteiger partial charge in [-0.25, -0.2) is 0 Å². The molecule has 10 heavy (non-hydrogen) atoms. The number of piperazine rings is 1. The zero-order chi connectivity index (χ0) is 7.40. The normalized spacial score (nSPS) is 23.4. The molecule has 2 heteroatoms. The minimum atomic E-state index is 1.14. The van der Waals surface area contributed by atoms with Gasteiger partial charge in [-0.15, -0.1) is 0 Å². The van der Waals surface area contributed by atoms with E-state index in [9.17, 15) is 0 Å². The Morgan fingerprint density at radius 3 is 2.30 bits per heavy atom. The highest BCUT2D eigenvalue weighted by atomic mass is 15.2. The summed E-state index contributed by atoms with van der Waals surface area (Å²) in [5.41, 5.74) is 0. The van der Waals surface area contributed by atoms with Crippen LogP contribution >= 0.6 is 0 Å². The van der Waals surface area contributed by atoms with Crippen molar-refractivity contribution in [2.75, 3.05) is 32.7 Å². The Morgan fingerprint density at radius 1 is 1.20 bits per heavy atom. The van der Waals surface area contributed by atoms with E-state index < -0.39 is 0 Å². The van der Waals surface area contributed by atoms with E-state index in [1.54, 1.807) is 0 Å². The smallest absolute Gasteiger partial charge is 0.0110 e. The van der Waals surface area contributed by atoms with Crippen LogP contribution in [0.1, 0.15) is 13.3 Å². The van der Waals surface area contributed by atoms with E-state index in [0.717, 1.165) is 13.1 Å². The van der Waals surface area contributed by atoms with Gasteiger partial charge in [0.05, 0.1) is 0 Å². The average Bonchev–Trinajstić information content (AvgIpc) is 1.95. The minimum absolute atomic E-state index is 1.14. The molecule has 1 aliphatic heterocycles. The van der Waals surface area contributed by atoms with Gasteiger partial charge < -0.3 is 4.90 Å². The van der Waals surface area contributed by atoms with Crippen molar-refractivity contribution in [1.29, 1.82) is 0 Å². The van der Waals surface area contributed by atoms with Crippen LogP contribution in [0.15, 0.2) is 0 Å². The van der Waals surface area contributed by atoms with Gasteiger partial charge in [-0.1, -0.05) is 6.92 Å². The lowest BCUT2D eigenvalue weighted by atomic mass is 10.3. The van der Waals surface area contributed by atoms with Gasteiger partial charge in [-0.2, -0.15) is 0 Å². The Hall–Kier alpha value is -0.0800. The lowest BCUT2D eigenvalue weighted by Crippen LogP contribution is -2.43. The summed E-state index contributed by atoms with van der Waals surface area (Å²) in [4.78, 5) is 4.65. The van der Waals surface area contributed by atoms with E-state index in [0.29, 0.717) is 0 Å². The standard InChI is InChI=1S/C8H17N2/c1-3-4-10-7-5-9(2)6-8-10/h2-8H2,1H3. The number of hydrogen-bond acceptors (Lipinski definition) is 2. The lowest BCUT2D eigenvalue weighted by Gasteiger charge is -2.31. The molecule has 0 aromatic carbocycles. The molecule has 59 valence electrons. The Kier molecular flexibility index (Phi) is 3.16. The predicted molar refractivity (Wildman–Crippen MR) is 43.7 cm³/mol. The van der Waals surface area contributed by atoms with Gasteiger partial charge in [0.2, 0.25) is 0 Å². The maximum absolute atomic E-state index is 3.90. The summed E-state index contributed by atoms with van der Waals surface area (Å²) in [6, 6.07) is 0. The first kappa shape index (κ1) is 8.02. The molecule has 0 bridgehead atoms. The SMILES string of the molecule is [CH2]N1CCN(CCC)CC1. The summed E-state index contributed by atoms with van der Waals surface area (Å²) in [7, 11) is 3.90. The maximum atomic E-state index is 3.90. The molecule has 1 heterocycles. The summed E-state index contributed by atoms with van der Waals surface area (Å²) in [6.45, 7) is 8.18. The van der Waals surface area contributed by atoms with Crippen LogP contribution < -0.4 is 0 Å². The van der Waals surface area contributed by atoms with Gasteiger partial charge >= 0.3 is 0 Å². The van der Waals surface area contributed by atoms with Gasteiger partial charge in [-0.3, -0.25) is 4.90 Å². The Bertz CT molecular complexity index is 85.3. The highest BCUT2D eigenvalue weighted by Gasteiger charge is 2.11. The second-order valence-electron chi connectivity index (χ2n) is 2.96. The molecule has 1 fully saturated rings. The van der Waals surface area contributed by atoms with Crippen molar-refractivity contribution in [3.63, 3.8) is 0 Å². The number of rotatable bonds is 2.